The molecule has 0 aliphatic heterocycles. The average molecular weight is 199 g/mol. The van der Waals surface area contributed by atoms with Crippen molar-refractivity contribution in [3.8, 4) is 0 Å². The zero-order valence-corrected chi connectivity index (χ0v) is 7.13. The second-order valence-corrected chi connectivity index (χ2v) is 3.37. The molecule has 1 saturated carbocycles. The van der Waals surface area contributed by atoms with Gasteiger partial charge in [-0.15, -0.1) is 0 Å². The molecular formula is C9H7F2NO2. The minimum absolute atomic E-state index is 0.161. The first-order chi connectivity index (χ1) is 6.56. The Morgan fingerprint density at radius 2 is 2.14 bits per heavy atom. The number of aliphatic carboxylic acids is 1. The van der Waals surface area contributed by atoms with E-state index < -0.39 is 23.0 Å². The van der Waals surface area contributed by atoms with E-state index in [9.17, 15) is 13.6 Å². The van der Waals surface area contributed by atoms with E-state index >= 15 is 0 Å². The van der Waals surface area contributed by atoms with E-state index in [1.165, 1.54) is 0 Å². The Morgan fingerprint density at radius 1 is 1.50 bits per heavy atom. The summed E-state index contributed by atoms with van der Waals surface area (Å²) in [7, 11) is 0. The summed E-state index contributed by atoms with van der Waals surface area (Å²) in [6.45, 7) is 0. The summed E-state index contributed by atoms with van der Waals surface area (Å²) in [5.74, 6) is -2.78. The van der Waals surface area contributed by atoms with Crippen molar-refractivity contribution >= 4 is 5.97 Å². The van der Waals surface area contributed by atoms with E-state index in [-0.39, 0.29) is 5.69 Å². The van der Waals surface area contributed by atoms with E-state index in [4.69, 9.17) is 5.11 Å². The van der Waals surface area contributed by atoms with Crippen LogP contribution in [0.15, 0.2) is 12.3 Å². The molecule has 1 fully saturated rings. The third kappa shape index (κ3) is 1.16. The highest BCUT2D eigenvalue weighted by Gasteiger charge is 2.54. The highest BCUT2D eigenvalue weighted by molar-refractivity contribution is 5.84. The molecule has 0 saturated heterocycles. The lowest BCUT2D eigenvalue weighted by Gasteiger charge is -2.09. The average Bonchev–Trinajstić information content (AvgIpc) is 2.84. The van der Waals surface area contributed by atoms with Crippen LogP contribution in [0.4, 0.5) is 8.78 Å². The second-order valence-electron chi connectivity index (χ2n) is 3.37. The van der Waals surface area contributed by atoms with Crippen LogP contribution < -0.4 is 0 Å². The minimum atomic E-state index is -1.21. The van der Waals surface area contributed by atoms with Crippen LogP contribution >= 0.6 is 0 Å². The third-order valence-electron chi connectivity index (χ3n) is 2.42. The number of rotatable bonds is 2. The number of carboxylic acid groups (broad SMARTS) is 1. The summed E-state index contributed by atoms with van der Waals surface area (Å²) >= 11 is 0. The van der Waals surface area contributed by atoms with E-state index in [2.05, 4.69) is 4.98 Å². The van der Waals surface area contributed by atoms with Gasteiger partial charge in [0.15, 0.2) is 0 Å². The van der Waals surface area contributed by atoms with Crippen molar-refractivity contribution in [1.82, 2.24) is 4.98 Å². The molecule has 1 aliphatic rings. The molecule has 1 aromatic rings. The van der Waals surface area contributed by atoms with Gasteiger partial charge in [-0.05, 0) is 12.8 Å². The summed E-state index contributed by atoms with van der Waals surface area (Å²) < 4.78 is 25.7. The number of aromatic nitrogens is 1. The highest BCUT2D eigenvalue weighted by atomic mass is 19.1. The van der Waals surface area contributed by atoms with Crippen molar-refractivity contribution in [2.45, 2.75) is 18.3 Å². The van der Waals surface area contributed by atoms with Crippen molar-refractivity contribution in [2.75, 3.05) is 0 Å². The topological polar surface area (TPSA) is 50.2 Å². The van der Waals surface area contributed by atoms with Gasteiger partial charge in [0.2, 0.25) is 0 Å². The first-order valence-electron chi connectivity index (χ1n) is 4.11. The lowest BCUT2D eigenvalue weighted by Crippen LogP contribution is -2.22. The van der Waals surface area contributed by atoms with Crippen LogP contribution in [-0.2, 0) is 10.2 Å². The highest BCUT2D eigenvalue weighted by Crippen LogP contribution is 2.48. The molecule has 74 valence electrons. The molecule has 0 spiro atoms. The van der Waals surface area contributed by atoms with Crippen molar-refractivity contribution in [2.24, 2.45) is 0 Å². The van der Waals surface area contributed by atoms with E-state index in [1.807, 2.05) is 0 Å². The Labute approximate surface area is 78.4 Å². The fraction of sp³-hybridized carbons (Fsp3) is 0.333. The van der Waals surface area contributed by atoms with Crippen molar-refractivity contribution < 1.29 is 18.7 Å². The number of hydrogen-bond acceptors (Lipinski definition) is 2. The van der Waals surface area contributed by atoms with Gasteiger partial charge in [-0.3, -0.25) is 9.78 Å². The van der Waals surface area contributed by atoms with Gasteiger partial charge in [-0.25, -0.2) is 8.78 Å². The van der Waals surface area contributed by atoms with Crippen LogP contribution in [0.5, 0.6) is 0 Å². The van der Waals surface area contributed by atoms with Crippen LogP contribution in [0.3, 0.4) is 0 Å². The fourth-order valence-corrected chi connectivity index (χ4v) is 1.44. The summed E-state index contributed by atoms with van der Waals surface area (Å²) in [5, 5.41) is 8.85. The van der Waals surface area contributed by atoms with Crippen LogP contribution in [0, 0.1) is 11.6 Å². The molecule has 3 nitrogen and oxygen atoms in total. The number of carboxylic acids is 1. The quantitative estimate of drug-likeness (QED) is 0.784. The van der Waals surface area contributed by atoms with Gasteiger partial charge in [0.25, 0.3) is 0 Å². The summed E-state index contributed by atoms with van der Waals surface area (Å²) in [4.78, 5) is 14.3. The predicted molar refractivity (Wildman–Crippen MR) is 42.7 cm³/mol. The molecule has 0 unspecified atom stereocenters. The fourth-order valence-electron chi connectivity index (χ4n) is 1.44. The number of nitrogens with zero attached hydrogens (tertiary/aromatic N) is 1. The Hall–Kier alpha value is -1.52. The number of halogens is 2. The van der Waals surface area contributed by atoms with Crippen LogP contribution in [0.1, 0.15) is 18.5 Å². The van der Waals surface area contributed by atoms with Gasteiger partial charge in [-0.2, -0.15) is 0 Å². The minimum Gasteiger partial charge on any atom is -0.481 e. The maximum absolute atomic E-state index is 13.2. The van der Waals surface area contributed by atoms with Gasteiger partial charge in [0, 0.05) is 6.07 Å². The second kappa shape index (κ2) is 2.73. The summed E-state index contributed by atoms with van der Waals surface area (Å²) in [5.41, 5.74) is -1.37. The molecule has 0 radical (unpaired) electrons. The van der Waals surface area contributed by atoms with Crippen LogP contribution in [0.25, 0.3) is 0 Å². The Balaban J connectivity index is 2.47. The predicted octanol–water partition coefficient (Wildman–Crippen LogP) is 1.48. The molecule has 0 amide bonds. The molecule has 0 atom stereocenters. The first-order valence-corrected chi connectivity index (χ1v) is 4.11. The van der Waals surface area contributed by atoms with Gasteiger partial charge in [0.1, 0.15) is 17.0 Å². The number of pyridine rings is 1. The molecule has 1 aliphatic carbocycles. The first kappa shape index (κ1) is 9.05. The lowest BCUT2D eigenvalue weighted by molar-refractivity contribution is -0.140. The molecule has 0 aromatic carbocycles. The van der Waals surface area contributed by atoms with Crippen molar-refractivity contribution in [3.63, 3.8) is 0 Å². The monoisotopic (exact) mass is 199 g/mol. The normalized spacial score (nSPS) is 17.9. The Morgan fingerprint density at radius 3 is 2.57 bits per heavy atom. The van der Waals surface area contributed by atoms with E-state index in [0.717, 1.165) is 6.20 Å². The molecular weight excluding hydrogens is 192 g/mol. The van der Waals surface area contributed by atoms with Gasteiger partial charge >= 0.3 is 5.97 Å². The van der Waals surface area contributed by atoms with Crippen molar-refractivity contribution in [1.29, 1.82) is 0 Å². The van der Waals surface area contributed by atoms with Gasteiger partial charge < -0.3 is 5.11 Å². The molecule has 0 bridgehead atoms. The molecule has 1 heterocycles. The van der Waals surface area contributed by atoms with Crippen LogP contribution in [0.2, 0.25) is 0 Å². The maximum atomic E-state index is 13.2. The smallest absolute Gasteiger partial charge is 0.315 e. The largest absolute Gasteiger partial charge is 0.481 e. The van der Waals surface area contributed by atoms with E-state index in [1.54, 1.807) is 0 Å². The summed E-state index contributed by atoms with van der Waals surface area (Å²) in [6, 6.07) is 0.658. The molecule has 1 N–H and O–H groups in total. The van der Waals surface area contributed by atoms with Crippen LogP contribution in [-0.4, -0.2) is 16.1 Å². The van der Waals surface area contributed by atoms with Gasteiger partial charge in [0.05, 0.1) is 11.9 Å². The SMILES string of the molecule is O=C(O)C1(c2ncc(F)cc2F)CC1. The number of hydrogen-bond donors (Lipinski definition) is 1. The summed E-state index contributed by atoms with van der Waals surface area (Å²) in [6.07, 6.45) is 1.55. The van der Waals surface area contributed by atoms with E-state index in [0.29, 0.717) is 18.9 Å². The Bertz CT molecular complexity index is 402. The maximum Gasteiger partial charge on any atom is 0.315 e. The lowest BCUT2D eigenvalue weighted by atomic mass is 10.0. The molecule has 2 rings (SSSR count). The molecule has 5 heteroatoms. The Kier molecular flexibility index (Phi) is 1.77. The zero-order chi connectivity index (χ0) is 10.3. The molecule has 1 aromatic heterocycles. The standard InChI is InChI=1S/C9H7F2NO2/c10-5-3-6(11)7(12-4-5)9(1-2-9)8(13)14/h3-4H,1-2H2,(H,13,14). The van der Waals surface area contributed by atoms with Crippen molar-refractivity contribution in [3.05, 3.63) is 29.6 Å². The van der Waals surface area contributed by atoms with Gasteiger partial charge in [-0.1, -0.05) is 0 Å². The zero-order valence-electron chi connectivity index (χ0n) is 7.13. The number of carbonyl (C=O) groups is 1. The molecule has 14 heavy (non-hydrogen) atoms. The third-order valence-corrected chi connectivity index (χ3v) is 2.42.